The summed E-state index contributed by atoms with van der Waals surface area (Å²) in [5.41, 5.74) is 6.31. The SMILES string of the molecule is CSc1nn(CCN(C)C)c(N)c1C#N. The Labute approximate surface area is 93.8 Å². The van der Waals surface area contributed by atoms with Crippen LogP contribution in [0.25, 0.3) is 0 Å². The molecule has 0 aliphatic carbocycles. The Morgan fingerprint density at radius 3 is 2.67 bits per heavy atom. The van der Waals surface area contributed by atoms with Gasteiger partial charge in [0.05, 0.1) is 6.54 Å². The molecule has 0 spiro atoms. The van der Waals surface area contributed by atoms with Crippen molar-refractivity contribution in [2.45, 2.75) is 11.6 Å². The van der Waals surface area contributed by atoms with E-state index in [9.17, 15) is 0 Å². The zero-order valence-electron chi connectivity index (χ0n) is 9.19. The fraction of sp³-hybridized carbons (Fsp3) is 0.556. The zero-order chi connectivity index (χ0) is 11.4. The second kappa shape index (κ2) is 5.05. The number of hydrogen-bond donors (Lipinski definition) is 1. The van der Waals surface area contributed by atoms with E-state index in [0.717, 1.165) is 6.54 Å². The molecule has 2 N–H and O–H groups in total. The number of nitriles is 1. The van der Waals surface area contributed by atoms with Crippen molar-refractivity contribution < 1.29 is 0 Å². The molecule has 0 aliphatic rings. The van der Waals surface area contributed by atoms with Crippen molar-refractivity contribution in [2.24, 2.45) is 0 Å². The summed E-state index contributed by atoms with van der Waals surface area (Å²) in [6.45, 7) is 1.55. The van der Waals surface area contributed by atoms with Gasteiger partial charge in [-0.2, -0.15) is 10.4 Å². The van der Waals surface area contributed by atoms with Crippen LogP contribution in [-0.2, 0) is 6.54 Å². The third-order valence-electron chi connectivity index (χ3n) is 2.02. The maximum atomic E-state index is 8.91. The summed E-state index contributed by atoms with van der Waals surface area (Å²) < 4.78 is 1.68. The molecule has 0 saturated heterocycles. The van der Waals surface area contributed by atoms with Crippen LogP contribution in [0.3, 0.4) is 0 Å². The predicted octanol–water partition coefficient (Wildman–Crippen LogP) is 0.620. The fourth-order valence-corrected chi connectivity index (χ4v) is 1.70. The minimum absolute atomic E-state index is 0.462. The van der Waals surface area contributed by atoms with Crippen molar-refractivity contribution >= 4 is 17.6 Å². The summed E-state index contributed by atoms with van der Waals surface area (Å²) in [4.78, 5) is 2.05. The molecule has 0 radical (unpaired) electrons. The number of anilines is 1. The van der Waals surface area contributed by atoms with Crippen molar-refractivity contribution in [1.82, 2.24) is 14.7 Å². The van der Waals surface area contributed by atoms with Gasteiger partial charge >= 0.3 is 0 Å². The zero-order valence-corrected chi connectivity index (χ0v) is 10.0. The van der Waals surface area contributed by atoms with E-state index in [4.69, 9.17) is 11.0 Å². The van der Waals surface area contributed by atoms with Crippen LogP contribution in [0, 0.1) is 11.3 Å². The third-order valence-corrected chi connectivity index (χ3v) is 2.70. The number of aromatic nitrogens is 2. The van der Waals surface area contributed by atoms with E-state index in [1.807, 2.05) is 25.3 Å². The van der Waals surface area contributed by atoms with Gasteiger partial charge < -0.3 is 10.6 Å². The van der Waals surface area contributed by atoms with Crippen molar-refractivity contribution in [1.29, 1.82) is 5.26 Å². The molecule has 6 heteroatoms. The molecule has 1 aromatic heterocycles. The highest BCUT2D eigenvalue weighted by Gasteiger charge is 2.14. The number of nitrogen functional groups attached to an aromatic ring is 1. The second-order valence-corrected chi connectivity index (χ2v) is 4.20. The largest absolute Gasteiger partial charge is 0.383 e. The minimum atomic E-state index is 0.462. The standard InChI is InChI=1S/C9H15N5S/c1-13(2)4-5-14-8(11)7(6-10)9(12-14)15-3/h4-5,11H2,1-3H3. The van der Waals surface area contributed by atoms with E-state index in [2.05, 4.69) is 11.2 Å². The predicted molar refractivity (Wildman–Crippen MR) is 61.7 cm³/mol. The van der Waals surface area contributed by atoms with E-state index < -0.39 is 0 Å². The normalized spacial score (nSPS) is 10.6. The Morgan fingerprint density at radius 2 is 2.27 bits per heavy atom. The van der Waals surface area contributed by atoms with Gasteiger partial charge in [0, 0.05) is 6.54 Å². The lowest BCUT2D eigenvalue weighted by molar-refractivity contribution is 0.373. The number of hydrogen-bond acceptors (Lipinski definition) is 5. The summed E-state index contributed by atoms with van der Waals surface area (Å²) in [5.74, 6) is 0.462. The van der Waals surface area contributed by atoms with E-state index in [0.29, 0.717) is 23.0 Å². The molecule has 1 heterocycles. The van der Waals surface area contributed by atoms with Gasteiger partial charge in [0.1, 0.15) is 22.5 Å². The monoisotopic (exact) mass is 225 g/mol. The number of rotatable bonds is 4. The third kappa shape index (κ3) is 2.64. The van der Waals surface area contributed by atoms with Gasteiger partial charge in [-0.1, -0.05) is 0 Å². The maximum Gasteiger partial charge on any atom is 0.141 e. The van der Waals surface area contributed by atoms with E-state index in [1.54, 1.807) is 4.68 Å². The summed E-state index contributed by atoms with van der Waals surface area (Å²) in [6.07, 6.45) is 1.89. The summed E-state index contributed by atoms with van der Waals surface area (Å²) in [6, 6.07) is 2.08. The van der Waals surface area contributed by atoms with Gasteiger partial charge in [-0.25, -0.2) is 4.68 Å². The number of nitrogens with zero attached hydrogens (tertiary/aromatic N) is 4. The van der Waals surface area contributed by atoms with Gasteiger partial charge in [0.2, 0.25) is 0 Å². The van der Waals surface area contributed by atoms with Gasteiger partial charge in [-0.3, -0.25) is 0 Å². The fourth-order valence-electron chi connectivity index (χ4n) is 1.17. The van der Waals surface area contributed by atoms with Crippen LogP contribution in [0.1, 0.15) is 5.56 Å². The number of likely N-dealkylation sites (N-methyl/N-ethyl adjacent to an activating group) is 1. The number of thioether (sulfide) groups is 1. The summed E-state index contributed by atoms with van der Waals surface area (Å²) in [5, 5.41) is 13.9. The maximum absolute atomic E-state index is 8.91. The van der Waals surface area contributed by atoms with Crippen molar-refractivity contribution in [3.8, 4) is 6.07 Å². The molecule has 5 nitrogen and oxygen atoms in total. The smallest absolute Gasteiger partial charge is 0.141 e. The molecule has 0 unspecified atom stereocenters. The molecule has 0 bridgehead atoms. The lowest BCUT2D eigenvalue weighted by Crippen LogP contribution is -2.20. The van der Waals surface area contributed by atoms with Crippen LogP contribution in [0.2, 0.25) is 0 Å². The first-order chi connectivity index (χ1) is 7.10. The van der Waals surface area contributed by atoms with Crippen LogP contribution in [0.15, 0.2) is 5.03 Å². The van der Waals surface area contributed by atoms with Gasteiger partial charge in [0.25, 0.3) is 0 Å². The molecule has 0 amide bonds. The van der Waals surface area contributed by atoms with Crippen LogP contribution >= 0.6 is 11.8 Å². The van der Waals surface area contributed by atoms with Crippen molar-refractivity contribution in [2.75, 3.05) is 32.6 Å². The molecule has 0 aliphatic heterocycles. The first-order valence-electron chi connectivity index (χ1n) is 4.55. The van der Waals surface area contributed by atoms with Gasteiger partial charge in [0.15, 0.2) is 0 Å². The number of nitrogens with two attached hydrogens (primary N) is 1. The van der Waals surface area contributed by atoms with Crippen molar-refractivity contribution in [3.05, 3.63) is 5.56 Å². The molecule has 15 heavy (non-hydrogen) atoms. The summed E-state index contributed by atoms with van der Waals surface area (Å²) in [7, 11) is 3.97. The van der Waals surface area contributed by atoms with Gasteiger partial charge in [-0.15, -0.1) is 11.8 Å². The Hall–Kier alpha value is -1.19. The van der Waals surface area contributed by atoms with Crippen molar-refractivity contribution in [3.63, 3.8) is 0 Å². The molecule has 1 aromatic rings. The quantitative estimate of drug-likeness (QED) is 0.761. The molecule has 0 saturated carbocycles. The first kappa shape index (κ1) is 11.9. The molecule has 0 aromatic carbocycles. The average molecular weight is 225 g/mol. The Balaban J connectivity index is 2.91. The molecule has 0 atom stereocenters. The highest BCUT2D eigenvalue weighted by atomic mass is 32.2. The molecule has 0 fully saturated rings. The lowest BCUT2D eigenvalue weighted by atomic mass is 10.4. The molecular weight excluding hydrogens is 210 g/mol. The molecular formula is C9H15N5S. The molecule has 82 valence electrons. The Kier molecular flexibility index (Phi) is 4.00. The molecule has 1 rings (SSSR count). The lowest BCUT2D eigenvalue weighted by Gasteiger charge is -2.09. The first-order valence-corrected chi connectivity index (χ1v) is 5.77. The van der Waals surface area contributed by atoms with Gasteiger partial charge in [-0.05, 0) is 20.4 Å². The second-order valence-electron chi connectivity index (χ2n) is 3.41. The Morgan fingerprint density at radius 1 is 1.60 bits per heavy atom. The average Bonchev–Trinajstić information content (AvgIpc) is 2.51. The van der Waals surface area contributed by atoms with Crippen LogP contribution in [0.4, 0.5) is 5.82 Å². The minimum Gasteiger partial charge on any atom is -0.383 e. The van der Waals surface area contributed by atoms with E-state index in [-0.39, 0.29) is 0 Å². The van der Waals surface area contributed by atoms with E-state index in [1.165, 1.54) is 11.8 Å². The highest BCUT2D eigenvalue weighted by Crippen LogP contribution is 2.23. The highest BCUT2D eigenvalue weighted by molar-refractivity contribution is 7.98. The topological polar surface area (TPSA) is 70.9 Å². The van der Waals surface area contributed by atoms with Crippen LogP contribution < -0.4 is 5.73 Å². The van der Waals surface area contributed by atoms with Crippen LogP contribution in [-0.4, -0.2) is 41.6 Å². The van der Waals surface area contributed by atoms with Crippen LogP contribution in [0.5, 0.6) is 0 Å². The summed E-state index contributed by atoms with van der Waals surface area (Å²) >= 11 is 1.44. The Bertz CT molecular complexity index is 377. The van der Waals surface area contributed by atoms with E-state index >= 15 is 0 Å².